The lowest BCUT2D eigenvalue weighted by Gasteiger charge is -2.27. The Hall–Kier alpha value is -0.980. The quantitative estimate of drug-likeness (QED) is 0.537. The van der Waals surface area contributed by atoms with Crippen LogP contribution in [0, 0.1) is 0 Å². The maximum Gasteiger partial charge on any atom is 0.0639 e. The predicted octanol–water partition coefficient (Wildman–Crippen LogP) is 0.632. The zero-order chi connectivity index (χ0) is 16.7. The Morgan fingerprint density at radius 2 is 1.50 bits per heavy atom. The Balaban J connectivity index is 3.04. The summed E-state index contributed by atoms with van der Waals surface area (Å²) in [5.41, 5.74) is 9.05. The van der Waals surface area contributed by atoms with Crippen molar-refractivity contribution in [2.24, 2.45) is 5.73 Å². The van der Waals surface area contributed by atoms with Gasteiger partial charge in [-0.3, -0.25) is 4.90 Å². The number of aliphatic hydroxyl groups is 3. The van der Waals surface area contributed by atoms with E-state index in [9.17, 15) is 15.3 Å². The summed E-state index contributed by atoms with van der Waals surface area (Å²) in [6.07, 6.45) is -0.790. The largest absolute Gasteiger partial charge is 0.393 e. The molecule has 5 nitrogen and oxygen atoms in total. The van der Waals surface area contributed by atoms with Gasteiger partial charge in [-0.25, -0.2) is 0 Å². The van der Waals surface area contributed by atoms with E-state index in [1.54, 1.807) is 20.8 Å². The lowest BCUT2D eigenvalue weighted by molar-refractivity contribution is 0.0789. The van der Waals surface area contributed by atoms with E-state index in [1.165, 1.54) is 0 Å². The fourth-order valence-electron chi connectivity index (χ4n) is 2.77. The lowest BCUT2D eigenvalue weighted by Crippen LogP contribution is -2.36. The van der Waals surface area contributed by atoms with E-state index in [2.05, 4.69) is 0 Å². The molecule has 0 spiro atoms. The number of nitrogens with zero attached hydrogens (tertiary/aromatic N) is 1. The van der Waals surface area contributed by atoms with Crippen LogP contribution in [0.5, 0.6) is 0 Å². The van der Waals surface area contributed by atoms with Crippen LogP contribution < -0.4 is 5.73 Å². The molecule has 0 bridgehead atoms. The van der Waals surface area contributed by atoms with E-state index < -0.39 is 18.3 Å². The van der Waals surface area contributed by atoms with Crippen LogP contribution in [-0.4, -0.2) is 51.6 Å². The highest BCUT2D eigenvalue weighted by molar-refractivity contribution is 5.35. The smallest absolute Gasteiger partial charge is 0.0639 e. The molecule has 0 aliphatic rings. The number of nitrogens with two attached hydrogens (primary N) is 1. The van der Waals surface area contributed by atoms with Gasteiger partial charge in [0.15, 0.2) is 0 Å². The summed E-state index contributed by atoms with van der Waals surface area (Å²) in [4.78, 5) is 2.02. The topological polar surface area (TPSA) is 90.0 Å². The van der Waals surface area contributed by atoms with Gasteiger partial charge < -0.3 is 21.1 Å². The summed E-state index contributed by atoms with van der Waals surface area (Å²) in [6.45, 7) is 7.24. The average Bonchev–Trinajstić information content (AvgIpc) is 2.38. The van der Waals surface area contributed by atoms with Crippen molar-refractivity contribution >= 4 is 0 Å². The molecule has 0 aromatic heterocycles. The summed E-state index contributed by atoms with van der Waals surface area (Å²) in [6, 6.07) is 5.95. The molecular formula is C17H30N2O3. The van der Waals surface area contributed by atoms with Crippen molar-refractivity contribution in [2.45, 2.75) is 58.6 Å². The standard InChI is InChI=1S/C17H30N2O3/c1-12(20)7-15-5-4-6-16(8-18)17(15)11-19(9-13(2)21)10-14(3)22/h4-6,12-14,20-22H,7-11,18H2,1-3H3. The highest BCUT2D eigenvalue weighted by Crippen LogP contribution is 2.19. The van der Waals surface area contributed by atoms with Crippen molar-refractivity contribution < 1.29 is 15.3 Å². The molecule has 0 amide bonds. The summed E-state index contributed by atoms with van der Waals surface area (Å²) >= 11 is 0. The van der Waals surface area contributed by atoms with Crippen LogP contribution in [0.1, 0.15) is 37.5 Å². The van der Waals surface area contributed by atoms with Crippen LogP contribution in [0.15, 0.2) is 18.2 Å². The van der Waals surface area contributed by atoms with Crippen LogP contribution >= 0.6 is 0 Å². The molecule has 0 saturated heterocycles. The van der Waals surface area contributed by atoms with Gasteiger partial charge in [0.1, 0.15) is 0 Å². The van der Waals surface area contributed by atoms with Gasteiger partial charge in [0.25, 0.3) is 0 Å². The maximum absolute atomic E-state index is 9.69. The van der Waals surface area contributed by atoms with Crippen molar-refractivity contribution in [3.8, 4) is 0 Å². The lowest BCUT2D eigenvalue weighted by atomic mass is 9.96. The van der Waals surface area contributed by atoms with Crippen LogP contribution in [0.2, 0.25) is 0 Å². The second-order valence-corrected chi connectivity index (χ2v) is 6.20. The molecule has 0 aliphatic carbocycles. The van der Waals surface area contributed by atoms with E-state index in [1.807, 2.05) is 23.1 Å². The number of benzene rings is 1. The Kier molecular flexibility index (Phi) is 8.00. The molecular weight excluding hydrogens is 280 g/mol. The number of aliphatic hydroxyl groups excluding tert-OH is 3. The van der Waals surface area contributed by atoms with Gasteiger partial charge in [0, 0.05) is 26.2 Å². The minimum absolute atomic E-state index is 0.422. The summed E-state index contributed by atoms with van der Waals surface area (Å²) in [7, 11) is 0. The third kappa shape index (κ3) is 6.42. The predicted molar refractivity (Wildman–Crippen MR) is 88.4 cm³/mol. The van der Waals surface area contributed by atoms with Crippen molar-refractivity contribution in [1.82, 2.24) is 4.90 Å². The minimum atomic E-state index is -0.469. The molecule has 22 heavy (non-hydrogen) atoms. The summed E-state index contributed by atoms with van der Waals surface area (Å²) < 4.78 is 0. The van der Waals surface area contributed by atoms with Gasteiger partial charge >= 0.3 is 0 Å². The Bertz CT molecular complexity index is 438. The SMILES string of the molecule is CC(O)Cc1cccc(CN)c1CN(CC(C)O)CC(C)O. The zero-order valence-electron chi connectivity index (χ0n) is 13.9. The van der Waals surface area contributed by atoms with Crippen molar-refractivity contribution in [3.63, 3.8) is 0 Å². The molecule has 0 fully saturated rings. The third-order valence-electron chi connectivity index (χ3n) is 3.53. The highest BCUT2D eigenvalue weighted by Gasteiger charge is 2.16. The Labute approximate surface area is 133 Å². The van der Waals surface area contributed by atoms with Gasteiger partial charge in [0.05, 0.1) is 18.3 Å². The molecule has 5 N–H and O–H groups in total. The van der Waals surface area contributed by atoms with Gasteiger partial charge in [-0.2, -0.15) is 0 Å². The molecule has 126 valence electrons. The van der Waals surface area contributed by atoms with E-state index in [-0.39, 0.29) is 0 Å². The number of rotatable bonds is 9. The van der Waals surface area contributed by atoms with E-state index >= 15 is 0 Å². The molecule has 0 heterocycles. The van der Waals surface area contributed by atoms with Gasteiger partial charge in [-0.1, -0.05) is 18.2 Å². The normalized spacial score (nSPS) is 15.8. The fourth-order valence-corrected chi connectivity index (χ4v) is 2.77. The Morgan fingerprint density at radius 3 is 1.95 bits per heavy atom. The van der Waals surface area contributed by atoms with Gasteiger partial charge in [0.2, 0.25) is 0 Å². The van der Waals surface area contributed by atoms with E-state index in [0.717, 1.165) is 16.7 Å². The van der Waals surface area contributed by atoms with E-state index in [4.69, 9.17) is 5.73 Å². The van der Waals surface area contributed by atoms with Crippen molar-refractivity contribution in [1.29, 1.82) is 0 Å². The molecule has 1 aromatic rings. The molecule has 0 saturated carbocycles. The third-order valence-corrected chi connectivity index (χ3v) is 3.53. The maximum atomic E-state index is 9.69. The highest BCUT2D eigenvalue weighted by atomic mass is 16.3. The molecule has 1 aromatic carbocycles. The van der Waals surface area contributed by atoms with Crippen molar-refractivity contribution in [3.05, 3.63) is 34.9 Å². The van der Waals surface area contributed by atoms with Crippen LogP contribution in [0.25, 0.3) is 0 Å². The molecule has 3 atom stereocenters. The first-order chi connectivity index (χ1) is 10.3. The molecule has 0 aliphatic heterocycles. The monoisotopic (exact) mass is 310 g/mol. The summed E-state index contributed by atoms with van der Waals surface area (Å²) in [5, 5.41) is 29.0. The molecule has 3 unspecified atom stereocenters. The molecule has 5 heteroatoms. The number of hydrogen-bond donors (Lipinski definition) is 4. The van der Waals surface area contributed by atoms with Crippen LogP contribution in [0.3, 0.4) is 0 Å². The average molecular weight is 310 g/mol. The zero-order valence-corrected chi connectivity index (χ0v) is 13.9. The second kappa shape index (κ2) is 9.22. The van der Waals surface area contributed by atoms with Gasteiger partial charge in [-0.15, -0.1) is 0 Å². The molecule has 1 rings (SSSR count). The van der Waals surface area contributed by atoms with Crippen molar-refractivity contribution in [2.75, 3.05) is 13.1 Å². The summed E-state index contributed by atoms with van der Waals surface area (Å²) in [5.74, 6) is 0. The first-order valence-electron chi connectivity index (χ1n) is 7.89. The first-order valence-corrected chi connectivity index (χ1v) is 7.89. The second-order valence-electron chi connectivity index (χ2n) is 6.20. The van der Waals surface area contributed by atoms with Gasteiger partial charge in [-0.05, 0) is 43.9 Å². The molecule has 0 radical (unpaired) electrons. The Morgan fingerprint density at radius 1 is 0.955 bits per heavy atom. The fraction of sp³-hybridized carbons (Fsp3) is 0.647. The van der Waals surface area contributed by atoms with Crippen LogP contribution in [0.4, 0.5) is 0 Å². The van der Waals surface area contributed by atoms with Crippen LogP contribution in [-0.2, 0) is 19.5 Å². The minimum Gasteiger partial charge on any atom is -0.393 e. The van der Waals surface area contributed by atoms with E-state index in [0.29, 0.717) is 32.6 Å². The first kappa shape index (κ1) is 19.1. The number of hydrogen-bond acceptors (Lipinski definition) is 5.